The Bertz CT molecular complexity index is 331. The number of hydrogen-bond acceptors (Lipinski definition) is 4. The van der Waals surface area contributed by atoms with Gasteiger partial charge in [-0.3, -0.25) is 14.2 Å². The predicted octanol–water partition coefficient (Wildman–Crippen LogP) is 2.39. The van der Waals surface area contributed by atoms with Gasteiger partial charge < -0.3 is 9.63 Å². The Morgan fingerprint density at radius 2 is 1.94 bits per heavy atom. The first-order chi connectivity index (χ1) is 8.37. The van der Waals surface area contributed by atoms with Crippen LogP contribution in [-0.4, -0.2) is 29.2 Å². The van der Waals surface area contributed by atoms with E-state index in [1.807, 2.05) is 6.92 Å². The van der Waals surface area contributed by atoms with Crippen LogP contribution in [0.15, 0.2) is 0 Å². The highest BCUT2D eigenvalue weighted by molar-refractivity contribution is 7.74. The summed E-state index contributed by atoms with van der Waals surface area (Å²) in [5.74, 6) is -1.14. The minimum absolute atomic E-state index is 0.188. The Hall–Kier alpha value is -0.710. The maximum absolute atomic E-state index is 12.2. The average Bonchev–Trinajstić information content (AvgIpc) is 2.31. The van der Waals surface area contributed by atoms with Gasteiger partial charge in [-0.15, -0.1) is 0 Å². The number of carbonyl (C=O) groups excluding carboxylic acids is 1. The zero-order valence-corrected chi connectivity index (χ0v) is 12.0. The van der Waals surface area contributed by atoms with E-state index in [0.29, 0.717) is 6.42 Å². The molecule has 0 heterocycles. The smallest absolute Gasteiger partial charge is 0.335 e. The van der Waals surface area contributed by atoms with Crippen LogP contribution in [0.25, 0.3) is 0 Å². The normalized spacial score (nSPS) is 15.9. The quantitative estimate of drug-likeness (QED) is 0.471. The second-order valence-electron chi connectivity index (χ2n) is 4.04. The van der Waals surface area contributed by atoms with E-state index < -0.39 is 25.1 Å². The molecule has 106 valence electrons. The summed E-state index contributed by atoms with van der Waals surface area (Å²) in [6, 6.07) is -1.04. The Morgan fingerprint density at radius 3 is 2.33 bits per heavy atom. The number of carboxylic acids is 1. The lowest BCUT2D eigenvalue weighted by Crippen LogP contribution is -2.35. The molecule has 0 aliphatic rings. The molecule has 2 N–H and O–H groups in total. The SMILES string of the molecule is CCCCCOP(=O)(NC(CC)C(=O)O)C(C)=O. The van der Waals surface area contributed by atoms with Crippen LogP contribution >= 0.6 is 7.52 Å². The fourth-order valence-corrected chi connectivity index (χ4v) is 2.82. The van der Waals surface area contributed by atoms with E-state index in [1.165, 1.54) is 0 Å². The molecular weight excluding hydrogens is 257 g/mol. The van der Waals surface area contributed by atoms with Gasteiger partial charge in [0.05, 0.1) is 6.61 Å². The van der Waals surface area contributed by atoms with E-state index in [2.05, 4.69) is 5.09 Å². The summed E-state index contributed by atoms with van der Waals surface area (Å²) >= 11 is 0. The van der Waals surface area contributed by atoms with Crippen molar-refractivity contribution in [2.45, 2.75) is 52.5 Å². The van der Waals surface area contributed by atoms with Crippen molar-refractivity contribution in [2.24, 2.45) is 0 Å². The zero-order chi connectivity index (χ0) is 14.2. The first kappa shape index (κ1) is 17.3. The summed E-state index contributed by atoms with van der Waals surface area (Å²) in [6.07, 6.45) is 2.81. The van der Waals surface area contributed by atoms with Crippen LogP contribution in [0.4, 0.5) is 0 Å². The minimum Gasteiger partial charge on any atom is -0.480 e. The third-order valence-electron chi connectivity index (χ3n) is 2.47. The molecule has 0 spiro atoms. The van der Waals surface area contributed by atoms with Crippen molar-refractivity contribution in [3.8, 4) is 0 Å². The van der Waals surface area contributed by atoms with Gasteiger partial charge in [0.25, 0.3) is 0 Å². The Labute approximate surface area is 108 Å². The highest BCUT2D eigenvalue weighted by atomic mass is 31.2. The number of nitrogens with one attached hydrogen (secondary N) is 1. The second-order valence-corrected chi connectivity index (χ2v) is 6.29. The molecular formula is C11H22NO5P. The van der Waals surface area contributed by atoms with E-state index in [0.717, 1.165) is 19.8 Å². The molecule has 7 heteroatoms. The van der Waals surface area contributed by atoms with Crippen molar-refractivity contribution in [2.75, 3.05) is 6.61 Å². The lowest BCUT2D eigenvalue weighted by Gasteiger charge is -2.20. The molecule has 0 aliphatic carbocycles. The fraction of sp³-hybridized carbons (Fsp3) is 0.818. The van der Waals surface area contributed by atoms with Crippen LogP contribution < -0.4 is 5.09 Å². The van der Waals surface area contributed by atoms with Gasteiger partial charge in [0.15, 0.2) is 0 Å². The van der Waals surface area contributed by atoms with Crippen molar-refractivity contribution in [1.29, 1.82) is 0 Å². The Balaban J connectivity index is 4.56. The van der Waals surface area contributed by atoms with Crippen molar-refractivity contribution in [3.05, 3.63) is 0 Å². The molecule has 0 rings (SSSR count). The first-order valence-corrected chi connectivity index (χ1v) is 7.76. The third-order valence-corrected chi connectivity index (χ3v) is 4.49. The molecule has 0 aromatic rings. The van der Waals surface area contributed by atoms with Crippen LogP contribution in [-0.2, 0) is 18.7 Å². The standard InChI is InChI=1S/C11H22NO5P/c1-4-6-7-8-17-18(16,9(3)13)12-10(5-2)11(14)15/h10H,4-8H2,1-3H3,(H,12,16)(H,14,15). The van der Waals surface area contributed by atoms with E-state index in [9.17, 15) is 14.2 Å². The van der Waals surface area contributed by atoms with Gasteiger partial charge in [-0.05, 0) is 12.8 Å². The number of carboxylic acid groups (broad SMARTS) is 1. The minimum atomic E-state index is -3.73. The van der Waals surface area contributed by atoms with E-state index in [1.54, 1.807) is 6.92 Å². The molecule has 0 saturated carbocycles. The predicted molar refractivity (Wildman–Crippen MR) is 68.6 cm³/mol. The number of rotatable bonds is 10. The lowest BCUT2D eigenvalue weighted by atomic mass is 10.2. The monoisotopic (exact) mass is 279 g/mol. The van der Waals surface area contributed by atoms with Gasteiger partial charge in [-0.2, -0.15) is 0 Å². The number of carbonyl (C=O) groups is 2. The summed E-state index contributed by atoms with van der Waals surface area (Å²) in [5.41, 5.74) is -0.654. The number of hydrogen-bond donors (Lipinski definition) is 2. The van der Waals surface area contributed by atoms with E-state index >= 15 is 0 Å². The highest BCUT2D eigenvalue weighted by Crippen LogP contribution is 2.44. The largest absolute Gasteiger partial charge is 0.480 e. The highest BCUT2D eigenvalue weighted by Gasteiger charge is 2.34. The van der Waals surface area contributed by atoms with Crippen molar-refractivity contribution in [3.63, 3.8) is 0 Å². The van der Waals surface area contributed by atoms with Gasteiger partial charge in [0.2, 0.25) is 5.52 Å². The van der Waals surface area contributed by atoms with Gasteiger partial charge in [-0.25, -0.2) is 5.09 Å². The molecule has 0 saturated heterocycles. The van der Waals surface area contributed by atoms with Crippen LogP contribution in [0.3, 0.4) is 0 Å². The summed E-state index contributed by atoms with van der Waals surface area (Å²) in [5, 5.41) is 11.2. The van der Waals surface area contributed by atoms with Gasteiger partial charge in [0.1, 0.15) is 6.04 Å². The fourth-order valence-electron chi connectivity index (χ4n) is 1.29. The Morgan fingerprint density at radius 1 is 1.33 bits per heavy atom. The molecule has 0 aromatic heterocycles. The molecule has 0 amide bonds. The van der Waals surface area contributed by atoms with Crippen molar-refractivity contribution >= 4 is 19.0 Å². The van der Waals surface area contributed by atoms with Crippen LogP contribution in [0.2, 0.25) is 0 Å². The topological polar surface area (TPSA) is 92.7 Å². The number of aliphatic carboxylic acids is 1. The van der Waals surface area contributed by atoms with Gasteiger partial charge in [0, 0.05) is 6.92 Å². The third kappa shape index (κ3) is 5.76. The summed E-state index contributed by atoms with van der Waals surface area (Å²) in [7, 11) is -3.73. The molecule has 0 aromatic carbocycles. The number of unbranched alkanes of at least 4 members (excludes halogenated alkanes) is 2. The summed E-state index contributed by atoms with van der Waals surface area (Å²) in [6.45, 7) is 4.98. The lowest BCUT2D eigenvalue weighted by molar-refractivity contribution is -0.139. The van der Waals surface area contributed by atoms with Crippen molar-refractivity contribution in [1.82, 2.24) is 5.09 Å². The van der Waals surface area contributed by atoms with Crippen LogP contribution in [0.5, 0.6) is 0 Å². The van der Waals surface area contributed by atoms with Crippen molar-refractivity contribution < 1.29 is 23.8 Å². The molecule has 0 radical (unpaired) electrons. The molecule has 0 fully saturated rings. The van der Waals surface area contributed by atoms with Crippen LogP contribution in [0, 0.1) is 0 Å². The Kier molecular flexibility index (Phi) is 8.07. The molecule has 6 nitrogen and oxygen atoms in total. The molecule has 2 atom stereocenters. The molecule has 0 bridgehead atoms. The van der Waals surface area contributed by atoms with Gasteiger partial charge in [-0.1, -0.05) is 26.7 Å². The van der Waals surface area contributed by atoms with E-state index in [4.69, 9.17) is 9.63 Å². The van der Waals surface area contributed by atoms with E-state index in [-0.39, 0.29) is 13.0 Å². The van der Waals surface area contributed by atoms with Crippen LogP contribution in [0.1, 0.15) is 46.5 Å². The maximum atomic E-state index is 12.2. The molecule has 0 aliphatic heterocycles. The second kappa shape index (κ2) is 8.40. The molecule has 18 heavy (non-hydrogen) atoms. The van der Waals surface area contributed by atoms with Gasteiger partial charge >= 0.3 is 13.5 Å². The maximum Gasteiger partial charge on any atom is 0.335 e. The average molecular weight is 279 g/mol. The molecule has 2 unspecified atom stereocenters. The zero-order valence-electron chi connectivity index (χ0n) is 11.1. The summed E-state index contributed by atoms with van der Waals surface area (Å²) in [4.78, 5) is 22.2. The summed E-state index contributed by atoms with van der Waals surface area (Å²) < 4.78 is 17.3. The first-order valence-electron chi connectivity index (χ1n) is 6.13.